The highest BCUT2D eigenvalue weighted by atomic mass is 79.9. The molecule has 130 valence electrons. The minimum Gasteiger partial charge on any atom is -0.468 e. The van der Waals surface area contributed by atoms with E-state index in [1.54, 1.807) is 6.26 Å². The van der Waals surface area contributed by atoms with E-state index in [1.165, 1.54) is 19.3 Å². The van der Waals surface area contributed by atoms with Gasteiger partial charge >= 0.3 is 0 Å². The fourth-order valence-electron chi connectivity index (χ4n) is 3.46. The van der Waals surface area contributed by atoms with Gasteiger partial charge in [0.15, 0.2) is 5.82 Å². The molecule has 3 aromatic rings. The van der Waals surface area contributed by atoms with Crippen molar-refractivity contribution in [1.82, 2.24) is 25.1 Å². The third-order valence-corrected chi connectivity index (χ3v) is 5.37. The molecule has 0 aliphatic carbocycles. The van der Waals surface area contributed by atoms with E-state index in [0.29, 0.717) is 6.54 Å². The van der Waals surface area contributed by atoms with Crippen LogP contribution < -0.4 is 0 Å². The van der Waals surface area contributed by atoms with Gasteiger partial charge in [0, 0.05) is 4.47 Å². The average molecular weight is 402 g/mol. The van der Waals surface area contributed by atoms with Crippen molar-refractivity contribution in [3.8, 4) is 5.69 Å². The predicted molar refractivity (Wildman–Crippen MR) is 97.2 cm³/mol. The van der Waals surface area contributed by atoms with Crippen LogP contribution >= 0.6 is 15.9 Å². The summed E-state index contributed by atoms with van der Waals surface area (Å²) in [6, 6.07) is 12.3. The normalized spacial score (nSPS) is 19.0. The van der Waals surface area contributed by atoms with E-state index in [2.05, 4.69) is 42.4 Å². The van der Waals surface area contributed by atoms with E-state index in [-0.39, 0.29) is 6.04 Å². The third-order valence-electron chi connectivity index (χ3n) is 4.69. The van der Waals surface area contributed by atoms with E-state index in [0.717, 1.165) is 34.7 Å². The Morgan fingerprint density at radius 2 is 2.04 bits per heavy atom. The highest BCUT2D eigenvalue weighted by Gasteiger charge is 2.26. The molecule has 7 heteroatoms. The SMILES string of the molecule is Brc1ccccc1-n1nnnc1CN1CCCCCC1c1ccco1. The Morgan fingerprint density at radius 1 is 1.12 bits per heavy atom. The molecular formula is C18H20BrN5O. The van der Waals surface area contributed by atoms with Gasteiger partial charge in [0.25, 0.3) is 0 Å². The number of para-hydroxylation sites is 1. The van der Waals surface area contributed by atoms with Crippen LogP contribution in [0.25, 0.3) is 5.69 Å². The first-order valence-corrected chi connectivity index (χ1v) is 9.42. The fraction of sp³-hybridized carbons (Fsp3) is 0.389. The highest BCUT2D eigenvalue weighted by molar-refractivity contribution is 9.10. The lowest BCUT2D eigenvalue weighted by Gasteiger charge is -2.27. The van der Waals surface area contributed by atoms with E-state index in [9.17, 15) is 0 Å². The zero-order chi connectivity index (χ0) is 17.1. The molecule has 0 bridgehead atoms. The molecule has 0 amide bonds. The van der Waals surface area contributed by atoms with Gasteiger partial charge in [-0.25, -0.2) is 0 Å². The maximum Gasteiger partial charge on any atom is 0.170 e. The Hall–Kier alpha value is -1.99. The van der Waals surface area contributed by atoms with Crippen LogP contribution in [0.1, 0.15) is 43.3 Å². The first-order valence-electron chi connectivity index (χ1n) is 8.62. The number of halogens is 1. The van der Waals surface area contributed by atoms with Crippen LogP contribution in [-0.2, 0) is 6.54 Å². The summed E-state index contributed by atoms with van der Waals surface area (Å²) >= 11 is 3.59. The number of rotatable bonds is 4. The molecule has 25 heavy (non-hydrogen) atoms. The largest absolute Gasteiger partial charge is 0.468 e. The van der Waals surface area contributed by atoms with Crippen molar-refractivity contribution in [1.29, 1.82) is 0 Å². The first-order chi connectivity index (χ1) is 12.3. The van der Waals surface area contributed by atoms with Crippen molar-refractivity contribution in [2.75, 3.05) is 6.54 Å². The summed E-state index contributed by atoms with van der Waals surface area (Å²) in [5.74, 6) is 1.87. The fourth-order valence-corrected chi connectivity index (χ4v) is 3.91. The monoisotopic (exact) mass is 401 g/mol. The maximum absolute atomic E-state index is 5.70. The zero-order valence-electron chi connectivity index (χ0n) is 13.9. The van der Waals surface area contributed by atoms with Crippen LogP contribution in [0.4, 0.5) is 0 Å². The predicted octanol–water partition coefficient (Wildman–Crippen LogP) is 4.14. The molecule has 1 aromatic carbocycles. The van der Waals surface area contributed by atoms with Crippen LogP contribution in [0.5, 0.6) is 0 Å². The van der Waals surface area contributed by atoms with Crippen LogP contribution in [0.15, 0.2) is 51.6 Å². The average Bonchev–Trinajstić information content (AvgIpc) is 3.25. The summed E-state index contributed by atoms with van der Waals surface area (Å²) in [7, 11) is 0. The number of furan rings is 1. The van der Waals surface area contributed by atoms with E-state index in [4.69, 9.17) is 4.42 Å². The maximum atomic E-state index is 5.70. The zero-order valence-corrected chi connectivity index (χ0v) is 15.5. The number of likely N-dealkylation sites (tertiary alicyclic amines) is 1. The van der Waals surface area contributed by atoms with Gasteiger partial charge in [-0.1, -0.05) is 25.0 Å². The lowest BCUT2D eigenvalue weighted by molar-refractivity contribution is 0.164. The van der Waals surface area contributed by atoms with Gasteiger partial charge in [-0.15, -0.1) is 5.10 Å². The standard InChI is InChI=1S/C18H20BrN5O/c19-14-7-3-4-8-15(14)24-18(20-21-22-24)13-23-11-5-1-2-9-16(23)17-10-6-12-25-17/h3-4,6-8,10,12,16H,1-2,5,9,11,13H2. The summed E-state index contributed by atoms with van der Waals surface area (Å²) < 4.78 is 8.49. The molecule has 0 N–H and O–H groups in total. The second kappa shape index (κ2) is 7.49. The quantitative estimate of drug-likeness (QED) is 0.657. The van der Waals surface area contributed by atoms with E-state index < -0.39 is 0 Å². The first kappa shape index (κ1) is 16.5. The Kier molecular flexibility index (Phi) is 4.94. The molecular weight excluding hydrogens is 382 g/mol. The smallest absolute Gasteiger partial charge is 0.170 e. The highest BCUT2D eigenvalue weighted by Crippen LogP contribution is 2.31. The summed E-state index contributed by atoms with van der Waals surface area (Å²) in [5.41, 5.74) is 0.951. The third kappa shape index (κ3) is 3.52. The van der Waals surface area contributed by atoms with E-state index in [1.807, 2.05) is 35.0 Å². The van der Waals surface area contributed by atoms with E-state index >= 15 is 0 Å². The Labute approximate surface area is 154 Å². The van der Waals surface area contributed by atoms with Crippen LogP contribution in [0.3, 0.4) is 0 Å². The van der Waals surface area contributed by atoms with Gasteiger partial charge in [0.1, 0.15) is 5.76 Å². The second-order valence-corrected chi connectivity index (χ2v) is 7.16. The minimum absolute atomic E-state index is 0.280. The topological polar surface area (TPSA) is 60.0 Å². The molecule has 2 aromatic heterocycles. The van der Waals surface area contributed by atoms with Gasteiger partial charge in [-0.3, -0.25) is 4.90 Å². The van der Waals surface area contributed by atoms with Gasteiger partial charge < -0.3 is 4.42 Å². The van der Waals surface area contributed by atoms with Crippen molar-refractivity contribution in [2.24, 2.45) is 0 Å². The molecule has 1 unspecified atom stereocenters. The van der Waals surface area contributed by atoms with Crippen molar-refractivity contribution in [3.05, 3.63) is 58.7 Å². The minimum atomic E-state index is 0.280. The van der Waals surface area contributed by atoms with Crippen LogP contribution in [0, 0.1) is 0 Å². The van der Waals surface area contributed by atoms with Crippen molar-refractivity contribution in [2.45, 2.75) is 38.3 Å². The number of benzene rings is 1. The summed E-state index contributed by atoms with van der Waals surface area (Å²) in [4.78, 5) is 2.44. The summed E-state index contributed by atoms with van der Waals surface area (Å²) in [6.45, 7) is 1.72. The number of hydrogen-bond donors (Lipinski definition) is 0. The van der Waals surface area contributed by atoms with Gasteiger partial charge in [-0.05, 0) is 70.0 Å². The number of nitrogens with zero attached hydrogens (tertiary/aromatic N) is 5. The van der Waals surface area contributed by atoms with Gasteiger partial charge in [0.2, 0.25) is 0 Å². The number of aromatic nitrogens is 4. The molecule has 1 aliphatic heterocycles. The molecule has 1 fully saturated rings. The van der Waals surface area contributed by atoms with Gasteiger partial charge in [-0.2, -0.15) is 4.68 Å². The molecule has 1 aliphatic rings. The molecule has 3 heterocycles. The summed E-state index contributed by atoms with van der Waals surface area (Å²) in [6.07, 6.45) is 6.52. The lowest BCUT2D eigenvalue weighted by atomic mass is 10.1. The van der Waals surface area contributed by atoms with Crippen molar-refractivity contribution in [3.63, 3.8) is 0 Å². The van der Waals surface area contributed by atoms with Crippen LogP contribution in [-0.4, -0.2) is 31.7 Å². The van der Waals surface area contributed by atoms with Crippen LogP contribution in [0.2, 0.25) is 0 Å². The lowest BCUT2D eigenvalue weighted by Crippen LogP contribution is -2.29. The molecule has 1 saturated heterocycles. The molecule has 0 saturated carbocycles. The second-order valence-electron chi connectivity index (χ2n) is 6.31. The molecule has 0 radical (unpaired) electrons. The molecule has 0 spiro atoms. The molecule has 6 nitrogen and oxygen atoms in total. The summed E-state index contributed by atoms with van der Waals surface area (Å²) in [5, 5.41) is 12.4. The Balaban J connectivity index is 1.63. The van der Waals surface area contributed by atoms with Gasteiger partial charge in [0.05, 0.1) is 24.5 Å². The molecule has 4 rings (SSSR count). The number of tetrazole rings is 1. The van der Waals surface area contributed by atoms with Crippen molar-refractivity contribution >= 4 is 15.9 Å². The Bertz CT molecular complexity index is 817. The van der Waals surface area contributed by atoms with Crippen molar-refractivity contribution < 1.29 is 4.42 Å². The number of hydrogen-bond acceptors (Lipinski definition) is 5. The molecule has 1 atom stereocenters. The Morgan fingerprint density at radius 3 is 2.88 bits per heavy atom.